The number of benzene rings is 3. The summed E-state index contributed by atoms with van der Waals surface area (Å²) in [5.41, 5.74) is 3.19. The van der Waals surface area contributed by atoms with Crippen molar-refractivity contribution in [2.24, 2.45) is 4.99 Å². The van der Waals surface area contributed by atoms with Gasteiger partial charge in [0.05, 0.1) is 12.1 Å². The Morgan fingerprint density at radius 3 is 2.67 bits per heavy atom. The van der Waals surface area contributed by atoms with Crippen molar-refractivity contribution in [1.29, 1.82) is 0 Å². The van der Waals surface area contributed by atoms with Crippen LogP contribution in [0.25, 0.3) is 10.8 Å². The van der Waals surface area contributed by atoms with Crippen LogP contribution in [0.2, 0.25) is 0 Å². The lowest BCUT2D eigenvalue weighted by Gasteiger charge is -2.27. The standard InChI is InChI=1S/C20H15N3O/c24-23-18-11-4-3-10-17(18)22-13-12-21-20(22)19(23)16-9-5-7-14-6-1-2-8-15(14)16/h1-11H,12-13H2. The number of aliphatic imine (C=N–C) groups is 1. The summed E-state index contributed by atoms with van der Waals surface area (Å²) in [6.45, 7) is 1.53. The van der Waals surface area contributed by atoms with Gasteiger partial charge in [-0.15, -0.1) is 0 Å². The molecule has 0 radical (unpaired) electrons. The summed E-state index contributed by atoms with van der Waals surface area (Å²) >= 11 is 0. The monoisotopic (exact) mass is 313 g/mol. The smallest absolute Gasteiger partial charge is 0.267 e. The molecule has 3 aromatic rings. The van der Waals surface area contributed by atoms with E-state index < -0.39 is 0 Å². The maximum absolute atomic E-state index is 13.2. The molecule has 0 bridgehead atoms. The van der Waals surface area contributed by atoms with Crippen molar-refractivity contribution in [3.63, 3.8) is 0 Å². The number of para-hydroxylation sites is 2. The Kier molecular flexibility index (Phi) is 2.73. The van der Waals surface area contributed by atoms with E-state index in [1.807, 2.05) is 48.5 Å². The molecule has 4 heteroatoms. The molecule has 0 aromatic heterocycles. The van der Waals surface area contributed by atoms with Crippen LogP contribution in [-0.2, 0) is 0 Å². The largest absolute Gasteiger partial charge is 0.618 e. The fourth-order valence-corrected chi connectivity index (χ4v) is 3.62. The van der Waals surface area contributed by atoms with Gasteiger partial charge in [0.1, 0.15) is 5.69 Å². The Labute approximate surface area is 139 Å². The van der Waals surface area contributed by atoms with Gasteiger partial charge in [-0.1, -0.05) is 48.5 Å². The van der Waals surface area contributed by atoms with Gasteiger partial charge in [0, 0.05) is 12.6 Å². The molecule has 24 heavy (non-hydrogen) atoms. The maximum Gasteiger partial charge on any atom is 0.267 e. The van der Waals surface area contributed by atoms with Crippen LogP contribution >= 0.6 is 0 Å². The Balaban J connectivity index is 1.86. The fourth-order valence-electron chi connectivity index (χ4n) is 3.62. The lowest BCUT2D eigenvalue weighted by molar-refractivity contribution is -0.358. The van der Waals surface area contributed by atoms with Gasteiger partial charge < -0.3 is 10.1 Å². The Hall–Kier alpha value is -3.14. The molecule has 0 aliphatic carbocycles. The topological polar surface area (TPSA) is 41.7 Å². The summed E-state index contributed by atoms with van der Waals surface area (Å²) < 4.78 is 1.04. The molecule has 0 saturated carbocycles. The van der Waals surface area contributed by atoms with Crippen molar-refractivity contribution in [1.82, 2.24) is 0 Å². The van der Waals surface area contributed by atoms with Gasteiger partial charge >= 0.3 is 0 Å². The summed E-state index contributed by atoms with van der Waals surface area (Å²) in [6, 6.07) is 22.0. The first-order chi connectivity index (χ1) is 11.8. The third kappa shape index (κ3) is 1.74. The van der Waals surface area contributed by atoms with Crippen LogP contribution in [0.1, 0.15) is 5.56 Å². The zero-order valence-electron chi connectivity index (χ0n) is 13.0. The zero-order valence-corrected chi connectivity index (χ0v) is 13.0. The van der Waals surface area contributed by atoms with Crippen LogP contribution in [0.5, 0.6) is 0 Å². The zero-order chi connectivity index (χ0) is 16.1. The molecule has 5 rings (SSSR count). The van der Waals surface area contributed by atoms with Gasteiger partial charge in [0.25, 0.3) is 5.71 Å². The average Bonchev–Trinajstić information content (AvgIpc) is 3.12. The number of hydrogen-bond donors (Lipinski definition) is 0. The van der Waals surface area contributed by atoms with Crippen molar-refractivity contribution in [2.75, 3.05) is 18.0 Å². The number of nitrogens with zero attached hydrogens (tertiary/aromatic N) is 3. The van der Waals surface area contributed by atoms with Gasteiger partial charge in [-0.25, -0.2) is 0 Å². The highest BCUT2D eigenvalue weighted by Crippen LogP contribution is 2.35. The normalized spacial score (nSPS) is 16.2. The van der Waals surface area contributed by atoms with Gasteiger partial charge in [-0.3, -0.25) is 4.99 Å². The first-order valence-corrected chi connectivity index (χ1v) is 8.08. The first-order valence-electron chi connectivity index (χ1n) is 8.08. The molecule has 116 valence electrons. The van der Waals surface area contributed by atoms with Crippen molar-refractivity contribution in [3.8, 4) is 0 Å². The Morgan fingerprint density at radius 2 is 1.71 bits per heavy atom. The molecular formula is C20H15N3O. The molecular weight excluding hydrogens is 298 g/mol. The van der Waals surface area contributed by atoms with E-state index in [0.717, 1.165) is 39.1 Å². The molecule has 0 fully saturated rings. The number of hydrogen-bond acceptors (Lipinski definition) is 3. The van der Waals surface area contributed by atoms with Crippen LogP contribution < -0.4 is 4.90 Å². The van der Waals surface area contributed by atoms with E-state index in [1.54, 1.807) is 0 Å². The third-order valence-corrected chi connectivity index (χ3v) is 4.69. The molecule has 0 spiro atoms. The molecule has 2 aliphatic heterocycles. The quantitative estimate of drug-likeness (QED) is 0.508. The second-order valence-corrected chi connectivity index (χ2v) is 6.02. The molecule has 0 atom stereocenters. The highest BCUT2D eigenvalue weighted by atomic mass is 16.5. The SMILES string of the molecule is [O-][N+]1=C(c2cccc3ccccc23)C2=NCCN2c2ccccc21. The maximum atomic E-state index is 13.2. The third-order valence-electron chi connectivity index (χ3n) is 4.69. The fraction of sp³-hybridized carbons (Fsp3) is 0.100. The molecule has 0 unspecified atom stereocenters. The molecule has 0 N–H and O–H groups in total. The van der Waals surface area contributed by atoms with Gasteiger partial charge in [0.15, 0.2) is 0 Å². The van der Waals surface area contributed by atoms with Crippen LogP contribution in [0.15, 0.2) is 71.7 Å². The lowest BCUT2D eigenvalue weighted by atomic mass is 9.98. The number of rotatable bonds is 1. The van der Waals surface area contributed by atoms with Crippen molar-refractivity contribution in [2.45, 2.75) is 0 Å². The van der Waals surface area contributed by atoms with E-state index in [-0.39, 0.29) is 0 Å². The second-order valence-electron chi connectivity index (χ2n) is 6.02. The first kappa shape index (κ1) is 13.3. The molecule has 0 amide bonds. The van der Waals surface area contributed by atoms with E-state index >= 15 is 0 Å². The van der Waals surface area contributed by atoms with Crippen LogP contribution in [0, 0.1) is 5.21 Å². The van der Waals surface area contributed by atoms with E-state index in [2.05, 4.69) is 28.1 Å². The van der Waals surface area contributed by atoms with E-state index in [1.165, 1.54) is 0 Å². The number of amidine groups is 1. The second kappa shape index (κ2) is 4.93. The average molecular weight is 313 g/mol. The van der Waals surface area contributed by atoms with E-state index in [9.17, 15) is 5.21 Å². The van der Waals surface area contributed by atoms with Gasteiger partial charge in [-0.05, 0) is 22.9 Å². The van der Waals surface area contributed by atoms with Crippen LogP contribution in [0.4, 0.5) is 11.4 Å². The molecule has 2 aliphatic rings. The predicted octanol–water partition coefficient (Wildman–Crippen LogP) is 3.70. The Bertz CT molecular complexity index is 1030. The van der Waals surface area contributed by atoms with Crippen LogP contribution in [0.3, 0.4) is 0 Å². The predicted molar refractivity (Wildman–Crippen MR) is 97.4 cm³/mol. The molecule has 0 saturated heterocycles. The Morgan fingerprint density at radius 1 is 0.917 bits per heavy atom. The highest BCUT2D eigenvalue weighted by molar-refractivity contribution is 6.52. The number of anilines is 1. The summed E-state index contributed by atoms with van der Waals surface area (Å²) in [6.07, 6.45) is 0. The minimum absolute atomic E-state index is 0.642. The van der Waals surface area contributed by atoms with Crippen molar-refractivity contribution in [3.05, 3.63) is 77.5 Å². The molecule has 3 aromatic carbocycles. The van der Waals surface area contributed by atoms with E-state index in [4.69, 9.17) is 0 Å². The van der Waals surface area contributed by atoms with E-state index in [0.29, 0.717) is 17.9 Å². The van der Waals surface area contributed by atoms with Gasteiger partial charge in [-0.2, -0.15) is 4.74 Å². The lowest BCUT2D eigenvalue weighted by Crippen LogP contribution is -2.41. The van der Waals surface area contributed by atoms with Crippen molar-refractivity contribution >= 4 is 33.7 Å². The summed E-state index contributed by atoms with van der Waals surface area (Å²) in [4.78, 5) is 6.79. The summed E-state index contributed by atoms with van der Waals surface area (Å²) in [5, 5.41) is 15.4. The van der Waals surface area contributed by atoms with Gasteiger partial charge in [0.2, 0.25) is 11.5 Å². The molecule has 4 nitrogen and oxygen atoms in total. The minimum atomic E-state index is 0.642. The number of fused-ring (bicyclic) bond motifs is 4. The molecule has 2 heterocycles. The summed E-state index contributed by atoms with van der Waals surface area (Å²) in [7, 11) is 0. The summed E-state index contributed by atoms with van der Waals surface area (Å²) in [5.74, 6) is 0.778. The van der Waals surface area contributed by atoms with Crippen molar-refractivity contribution < 1.29 is 4.74 Å². The highest BCUT2D eigenvalue weighted by Gasteiger charge is 2.38. The minimum Gasteiger partial charge on any atom is -0.618 e. The van der Waals surface area contributed by atoms with Crippen LogP contribution in [-0.4, -0.2) is 29.4 Å².